The summed E-state index contributed by atoms with van der Waals surface area (Å²) in [6.07, 6.45) is 7.07. The number of fused-ring (bicyclic) bond motifs is 3. The summed E-state index contributed by atoms with van der Waals surface area (Å²) in [6, 6.07) is 22.0. The number of benzene rings is 3. The summed E-state index contributed by atoms with van der Waals surface area (Å²) in [5, 5.41) is 2.76. The Morgan fingerprint density at radius 3 is 2.22 bits per heavy atom. The zero-order chi connectivity index (χ0) is 19.2. The van der Waals surface area contributed by atoms with Crippen molar-refractivity contribution in [3.63, 3.8) is 0 Å². The molecule has 0 unspecified atom stereocenters. The zero-order valence-corrected chi connectivity index (χ0v) is 16.9. The molecule has 27 heavy (non-hydrogen) atoms. The SMILES string of the molecule is C/C=C\C=C/N.Cc1cc2sc3c(-c4ccccc4)cccc3c2cc1C. The fourth-order valence-corrected chi connectivity index (χ4v) is 4.39. The summed E-state index contributed by atoms with van der Waals surface area (Å²) >= 11 is 1.91. The van der Waals surface area contributed by atoms with Gasteiger partial charge in [0.15, 0.2) is 0 Å². The van der Waals surface area contributed by atoms with Gasteiger partial charge in [0.1, 0.15) is 0 Å². The van der Waals surface area contributed by atoms with Crippen LogP contribution in [0, 0.1) is 13.8 Å². The van der Waals surface area contributed by atoms with Gasteiger partial charge in [-0.2, -0.15) is 0 Å². The van der Waals surface area contributed by atoms with E-state index in [0.717, 1.165) is 0 Å². The van der Waals surface area contributed by atoms with Crippen LogP contribution in [0.5, 0.6) is 0 Å². The molecule has 2 N–H and O–H groups in total. The monoisotopic (exact) mass is 371 g/mol. The first-order valence-electron chi connectivity index (χ1n) is 9.13. The summed E-state index contributed by atoms with van der Waals surface area (Å²) in [6.45, 7) is 6.33. The van der Waals surface area contributed by atoms with Gasteiger partial charge < -0.3 is 5.73 Å². The molecule has 1 heterocycles. The molecule has 0 radical (unpaired) electrons. The molecule has 0 aliphatic heterocycles. The van der Waals surface area contributed by atoms with Crippen molar-refractivity contribution in [2.75, 3.05) is 0 Å². The van der Waals surface area contributed by atoms with E-state index in [9.17, 15) is 0 Å². The molecule has 0 amide bonds. The van der Waals surface area contributed by atoms with E-state index in [1.807, 2.05) is 30.4 Å². The van der Waals surface area contributed by atoms with Crippen molar-refractivity contribution in [2.45, 2.75) is 20.8 Å². The molecule has 0 spiro atoms. The molecule has 0 aliphatic carbocycles. The Balaban J connectivity index is 0.000000307. The number of aryl methyl sites for hydroxylation is 2. The van der Waals surface area contributed by atoms with Gasteiger partial charge in [-0.15, -0.1) is 11.3 Å². The minimum Gasteiger partial charge on any atom is -0.405 e. The Hall–Kier alpha value is -2.84. The van der Waals surface area contributed by atoms with Crippen LogP contribution < -0.4 is 5.73 Å². The lowest BCUT2D eigenvalue weighted by molar-refractivity contribution is 1.37. The van der Waals surface area contributed by atoms with Crippen molar-refractivity contribution < 1.29 is 0 Å². The maximum atomic E-state index is 4.98. The van der Waals surface area contributed by atoms with Gasteiger partial charge in [0.2, 0.25) is 0 Å². The topological polar surface area (TPSA) is 26.0 Å². The minimum absolute atomic E-state index is 1.29. The van der Waals surface area contributed by atoms with Crippen LogP contribution in [-0.4, -0.2) is 0 Å². The van der Waals surface area contributed by atoms with E-state index in [0.29, 0.717) is 0 Å². The van der Waals surface area contributed by atoms with Crippen molar-refractivity contribution in [1.82, 2.24) is 0 Å². The first-order valence-corrected chi connectivity index (χ1v) is 9.94. The van der Waals surface area contributed by atoms with Gasteiger partial charge in [0, 0.05) is 20.2 Å². The molecule has 2 heteroatoms. The normalized spacial score (nSPS) is 11.4. The predicted molar refractivity (Wildman–Crippen MR) is 122 cm³/mol. The molecule has 1 aromatic heterocycles. The summed E-state index contributed by atoms with van der Waals surface area (Å²) in [5.74, 6) is 0. The molecule has 0 atom stereocenters. The van der Waals surface area contributed by atoms with Crippen molar-refractivity contribution >= 4 is 31.5 Å². The molecule has 1 nitrogen and oxygen atoms in total. The lowest BCUT2D eigenvalue weighted by Crippen LogP contribution is -1.79. The molecule has 3 aromatic carbocycles. The zero-order valence-electron chi connectivity index (χ0n) is 16.1. The van der Waals surface area contributed by atoms with Gasteiger partial charge in [0.05, 0.1) is 0 Å². The molecule has 4 aromatic rings. The minimum atomic E-state index is 1.29. The summed E-state index contributed by atoms with van der Waals surface area (Å²) in [4.78, 5) is 0. The number of nitrogens with two attached hydrogens (primary N) is 1. The van der Waals surface area contributed by atoms with Gasteiger partial charge in [-0.05, 0) is 67.4 Å². The first kappa shape index (κ1) is 18.9. The maximum Gasteiger partial charge on any atom is 0.0433 e. The van der Waals surface area contributed by atoms with Gasteiger partial charge in [0.25, 0.3) is 0 Å². The van der Waals surface area contributed by atoms with Crippen LogP contribution in [0.15, 0.2) is 85.1 Å². The second-order valence-corrected chi connectivity index (χ2v) is 7.55. The van der Waals surface area contributed by atoms with Gasteiger partial charge in [-0.1, -0.05) is 60.7 Å². The third-order valence-corrected chi connectivity index (χ3v) is 5.81. The molecule has 0 fully saturated rings. The lowest BCUT2D eigenvalue weighted by Gasteiger charge is -2.03. The molecule has 136 valence electrons. The quantitative estimate of drug-likeness (QED) is 0.366. The van der Waals surface area contributed by atoms with Crippen molar-refractivity contribution in [2.24, 2.45) is 5.73 Å². The lowest BCUT2D eigenvalue weighted by atomic mass is 10.0. The van der Waals surface area contributed by atoms with Crippen LogP contribution in [0.3, 0.4) is 0 Å². The Kier molecular flexibility index (Phi) is 6.10. The van der Waals surface area contributed by atoms with E-state index in [1.54, 1.807) is 6.08 Å². The number of rotatable bonds is 2. The summed E-state index contributed by atoms with van der Waals surface area (Å²) in [7, 11) is 0. The van der Waals surface area contributed by atoms with E-state index in [4.69, 9.17) is 5.73 Å². The van der Waals surface area contributed by atoms with Crippen molar-refractivity contribution in [3.8, 4) is 11.1 Å². The van der Waals surface area contributed by atoms with Crippen molar-refractivity contribution in [1.29, 1.82) is 0 Å². The van der Waals surface area contributed by atoms with E-state index < -0.39 is 0 Å². The van der Waals surface area contributed by atoms with Gasteiger partial charge in [-0.25, -0.2) is 0 Å². The van der Waals surface area contributed by atoms with Gasteiger partial charge >= 0.3 is 0 Å². The van der Waals surface area contributed by atoms with Crippen LogP contribution in [0.1, 0.15) is 18.1 Å². The molecule has 0 saturated carbocycles. The summed E-state index contributed by atoms with van der Waals surface area (Å²) in [5.41, 5.74) is 10.4. The Labute approximate surface area is 165 Å². The van der Waals surface area contributed by atoms with Crippen LogP contribution in [-0.2, 0) is 0 Å². The van der Waals surface area contributed by atoms with E-state index in [-0.39, 0.29) is 0 Å². The molecule has 4 rings (SSSR count). The second-order valence-electron chi connectivity index (χ2n) is 6.49. The summed E-state index contributed by atoms with van der Waals surface area (Å²) < 4.78 is 2.78. The fraction of sp³-hybridized carbons (Fsp3) is 0.120. The average molecular weight is 372 g/mol. The van der Waals surface area contributed by atoms with Crippen LogP contribution >= 0.6 is 11.3 Å². The Morgan fingerprint density at radius 2 is 1.56 bits per heavy atom. The standard InChI is InChI=1S/C20H16S.C5H9N/c1-13-11-18-17-10-6-9-16(15-7-4-3-5-8-15)20(17)21-19(18)12-14(13)2;1-2-3-4-5-6/h3-12H,1-2H3;2-5H,6H2,1H3/b;3-2-,5-4-. The molecular weight excluding hydrogens is 346 g/mol. The van der Waals surface area contributed by atoms with Crippen LogP contribution in [0.25, 0.3) is 31.3 Å². The number of thiophene rings is 1. The smallest absolute Gasteiger partial charge is 0.0433 e. The van der Waals surface area contributed by atoms with Gasteiger partial charge in [-0.3, -0.25) is 0 Å². The predicted octanol–water partition coefficient (Wildman–Crippen LogP) is 7.37. The van der Waals surface area contributed by atoms with E-state index in [2.05, 4.69) is 74.5 Å². The Morgan fingerprint density at radius 1 is 0.815 bits per heavy atom. The third-order valence-electron chi connectivity index (χ3n) is 4.61. The third kappa shape index (κ3) is 4.12. The highest BCUT2D eigenvalue weighted by Crippen LogP contribution is 2.40. The van der Waals surface area contributed by atoms with Crippen molar-refractivity contribution in [3.05, 3.63) is 96.2 Å². The van der Waals surface area contributed by atoms with E-state index in [1.165, 1.54) is 48.6 Å². The Bertz CT molecular complexity index is 1090. The molecule has 0 aliphatic rings. The first-order chi connectivity index (χ1) is 13.2. The fourth-order valence-electron chi connectivity index (χ4n) is 3.07. The number of hydrogen-bond donors (Lipinski definition) is 1. The highest BCUT2D eigenvalue weighted by atomic mass is 32.1. The second kappa shape index (κ2) is 8.70. The maximum absolute atomic E-state index is 4.98. The molecule has 0 saturated heterocycles. The average Bonchev–Trinajstić information content (AvgIpc) is 3.05. The van der Waals surface area contributed by atoms with Crippen LogP contribution in [0.4, 0.5) is 0 Å². The van der Waals surface area contributed by atoms with E-state index >= 15 is 0 Å². The van der Waals surface area contributed by atoms with Crippen LogP contribution in [0.2, 0.25) is 0 Å². The molecule has 0 bridgehead atoms. The molecular formula is C25H25NS. The number of hydrogen-bond acceptors (Lipinski definition) is 2. The highest BCUT2D eigenvalue weighted by molar-refractivity contribution is 7.26. The highest BCUT2D eigenvalue weighted by Gasteiger charge is 2.10. The largest absolute Gasteiger partial charge is 0.405 e. The number of allylic oxidation sites excluding steroid dienone is 3.